The van der Waals surface area contributed by atoms with Crippen molar-refractivity contribution in [3.8, 4) is 11.4 Å². The number of nitrogens with zero attached hydrogens (tertiary/aromatic N) is 2. The lowest BCUT2D eigenvalue weighted by Crippen LogP contribution is -2.31. The number of hydrazine groups is 1. The molecule has 2 aromatic carbocycles. The normalized spacial score (nSPS) is 11.3. The van der Waals surface area contributed by atoms with Gasteiger partial charge < -0.3 is 0 Å². The summed E-state index contributed by atoms with van der Waals surface area (Å²) in [5, 5.41) is 6.91. The number of rotatable bonds is 6. The number of amides is 1. The van der Waals surface area contributed by atoms with Crippen molar-refractivity contribution in [3.63, 3.8) is 0 Å². The van der Waals surface area contributed by atoms with Crippen molar-refractivity contribution in [2.75, 3.05) is 5.43 Å². The minimum Gasteiger partial charge on any atom is -0.300 e. The van der Waals surface area contributed by atoms with Crippen LogP contribution in [0.1, 0.15) is 17.5 Å². The van der Waals surface area contributed by atoms with Crippen LogP contribution in [0, 0.1) is 11.7 Å². The molecular formula is C19H18F3N5OS. The summed E-state index contributed by atoms with van der Waals surface area (Å²) in [7, 11) is 0. The second-order valence-corrected chi connectivity index (χ2v) is 6.73. The Labute approximate surface area is 169 Å². The predicted molar refractivity (Wildman–Crippen MR) is 105 cm³/mol. The summed E-state index contributed by atoms with van der Waals surface area (Å²) in [6, 6.07) is 12.6. The molecule has 152 valence electrons. The minimum atomic E-state index is -4.53. The number of aromatic nitrogens is 3. The first-order valence-corrected chi connectivity index (χ1v) is 9.10. The third-order valence-corrected chi connectivity index (χ3v) is 4.48. The Bertz CT molecular complexity index is 1070. The van der Waals surface area contributed by atoms with Gasteiger partial charge in [-0.1, -0.05) is 35.9 Å². The summed E-state index contributed by atoms with van der Waals surface area (Å²) < 4.78 is 41.0. The molecule has 0 saturated carbocycles. The number of carbonyl (C=O) groups is 1. The Morgan fingerprint density at radius 3 is 2.69 bits per heavy atom. The van der Waals surface area contributed by atoms with E-state index in [0.29, 0.717) is 10.6 Å². The second kappa shape index (κ2) is 8.48. The van der Waals surface area contributed by atoms with E-state index in [4.69, 9.17) is 12.2 Å². The van der Waals surface area contributed by atoms with Crippen molar-refractivity contribution in [2.24, 2.45) is 0 Å². The summed E-state index contributed by atoms with van der Waals surface area (Å²) >= 11 is 5.23. The van der Waals surface area contributed by atoms with Crippen LogP contribution in [-0.2, 0) is 17.5 Å². The largest absolute Gasteiger partial charge is 0.418 e. The summed E-state index contributed by atoms with van der Waals surface area (Å²) in [6.45, 7) is 2.17. The van der Waals surface area contributed by atoms with Crippen LogP contribution in [0.15, 0.2) is 48.5 Å². The fourth-order valence-corrected chi connectivity index (χ4v) is 3.01. The third-order valence-electron chi connectivity index (χ3n) is 4.17. The number of aryl methyl sites for hydroxylation is 1. The lowest BCUT2D eigenvalue weighted by atomic mass is 10.1. The molecule has 0 spiro atoms. The molecule has 3 aromatic rings. The number of para-hydroxylation sites is 1. The van der Waals surface area contributed by atoms with Gasteiger partial charge in [0.2, 0.25) is 5.91 Å². The van der Waals surface area contributed by atoms with Gasteiger partial charge >= 0.3 is 6.18 Å². The van der Waals surface area contributed by atoms with Gasteiger partial charge in [0.05, 0.1) is 11.3 Å². The molecule has 3 rings (SSSR count). The highest BCUT2D eigenvalue weighted by Crippen LogP contribution is 2.34. The summed E-state index contributed by atoms with van der Waals surface area (Å²) in [6.07, 6.45) is -4.53. The van der Waals surface area contributed by atoms with Gasteiger partial charge in [0, 0.05) is 18.5 Å². The van der Waals surface area contributed by atoms with Crippen molar-refractivity contribution in [1.82, 2.24) is 20.2 Å². The monoisotopic (exact) mass is 421 g/mol. The topological polar surface area (TPSA) is 74.7 Å². The Morgan fingerprint density at radius 1 is 1.21 bits per heavy atom. The number of halogens is 3. The molecule has 10 heteroatoms. The molecule has 3 N–H and O–H groups in total. The van der Waals surface area contributed by atoms with Crippen molar-refractivity contribution >= 4 is 23.8 Å². The van der Waals surface area contributed by atoms with Crippen LogP contribution in [0.4, 0.5) is 18.9 Å². The molecule has 1 aromatic heterocycles. The highest BCUT2D eigenvalue weighted by atomic mass is 32.1. The summed E-state index contributed by atoms with van der Waals surface area (Å²) in [4.78, 5) is 12.2. The molecule has 0 aliphatic rings. The molecule has 1 heterocycles. The molecule has 6 nitrogen and oxygen atoms in total. The number of hydrogen-bond acceptors (Lipinski definition) is 4. The Hall–Kier alpha value is -3.14. The quantitative estimate of drug-likeness (QED) is 0.406. The van der Waals surface area contributed by atoms with E-state index in [-0.39, 0.29) is 18.7 Å². The van der Waals surface area contributed by atoms with Gasteiger partial charge in [0.25, 0.3) is 0 Å². The molecule has 0 aliphatic heterocycles. The van der Waals surface area contributed by atoms with E-state index in [1.165, 1.54) is 18.2 Å². The standard InChI is InChI=1S/C19H18F3N5OS/c1-12-5-4-6-13(11-12)17-25-26-18(29)27(17)10-9-16(28)24-23-15-8-3-2-7-14(15)19(20,21)22/h2-8,11,23H,9-10H2,1H3,(H,24,28)(H,26,29). The molecule has 0 bridgehead atoms. The van der Waals surface area contributed by atoms with Crippen LogP contribution in [0.25, 0.3) is 11.4 Å². The zero-order valence-electron chi connectivity index (χ0n) is 15.4. The van der Waals surface area contributed by atoms with Gasteiger partial charge in [0.1, 0.15) is 0 Å². The molecule has 0 radical (unpaired) electrons. The molecule has 0 atom stereocenters. The van der Waals surface area contributed by atoms with E-state index in [0.717, 1.165) is 17.2 Å². The number of H-pyrrole nitrogens is 1. The van der Waals surface area contributed by atoms with Crippen LogP contribution in [0.2, 0.25) is 0 Å². The van der Waals surface area contributed by atoms with Crippen molar-refractivity contribution in [1.29, 1.82) is 0 Å². The number of alkyl halides is 3. The van der Waals surface area contributed by atoms with Gasteiger partial charge in [-0.2, -0.15) is 18.3 Å². The second-order valence-electron chi connectivity index (χ2n) is 6.34. The van der Waals surface area contributed by atoms with Crippen LogP contribution in [0.3, 0.4) is 0 Å². The average molecular weight is 421 g/mol. The van der Waals surface area contributed by atoms with Crippen LogP contribution in [0.5, 0.6) is 0 Å². The van der Waals surface area contributed by atoms with Crippen LogP contribution >= 0.6 is 12.2 Å². The van der Waals surface area contributed by atoms with E-state index >= 15 is 0 Å². The zero-order valence-corrected chi connectivity index (χ0v) is 16.2. The molecule has 29 heavy (non-hydrogen) atoms. The highest BCUT2D eigenvalue weighted by molar-refractivity contribution is 7.71. The van der Waals surface area contributed by atoms with Crippen molar-refractivity contribution in [3.05, 3.63) is 64.4 Å². The van der Waals surface area contributed by atoms with Crippen molar-refractivity contribution < 1.29 is 18.0 Å². The lowest BCUT2D eigenvalue weighted by Gasteiger charge is -2.15. The maximum atomic E-state index is 13.0. The Balaban J connectivity index is 1.66. The molecule has 0 saturated heterocycles. The first-order chi connectivity index (χ1) is 13.8. The Morgan fingerprint density at radius 2 is 1.97 bits per heavy atom. The fourth-order valence-electron chi connectivity index (χ4n) is 2.78. The lowest BCUT2D eigenvalue weighted by molar-refractivity contribution is -0.137. The smallest absolute Gasteiger partial charge is 0.300 e. The first kappa shape index (κ1) is 20.6. The Kier molecular flexibility index (Phi) is 6.02. The minimum absolute atomic E-state index is 0.00611. The van der Waals surface area contributed by atoms with Crippen LogP contribution in [-0.4, -0.2) is 20.7 Å². The van der Waals surface area contributed by atoms with Gasteiger partial charge in [-0.05, 0) is 37.3 Å². The summed E-state index contributed by atoms with van der Waals surface area (Å²) in [5.41, 5.74) is 5.44. The molecule has 0 unspecified atom stereocenters. The van der Waals surface area contributed by atoms with Gasteiger partial charge in [0.15, 0.2) is 10.6 Å². The van der Waals surface area contributed by atoms with E-state index in [1.54, 1.807) is 4.57 Å². The number of benzene rings is 2. The van der Waals surface area contributed by atoms with Crippen molar-refractivity contribution in [2.45, 2.75) is 26.1 Å². The van der Waals surface area contributed by atoms with Gasteiger partial charge in [-0.3, -0.25) is 25.3 Å². The molecular weight excluding hydrogens is 403 g/mol. The van der Waals surface area contributed by atoms with Crippen LogP contribution < -0.4 is 10.9 Å². The zero-order chi connectivity index (χ0) is 21.0. The third kappa shape index (κ3) is 5.02. The number of carbonyl (C=O) groups excluding carboxylic acids is 1. The molecule has 1 amide bonds. The number of nitrogens with one attached hydrogen (secondary N) is 3. The van der Waals surface area contributed by atoms with E-state index in [9.17, 15) is 18.0 Å². The van der Waals surface area contributed by atoms with E-state index in [2.05, 4.69) is 21.0 Å². The SMILES string of the molecule is Cc1cccc(-c2n[nH]c(=S)n2CCC(=O)NNc2ccccc2C(F)(F)F)c1. The van der Waals surface area contributed by atoms with Gasteiger partial charge in [-0.25, -0.2) is 0 Å². The maximum Gasteiger partial charge on any atom is 0.418 e. The number of anilines is 1. The fraction of sp³-hybridized carbons (Fsp3) is 0.211. The first-order valence-electron chi connectivity index (χ1n) is 8.69. The van der Waals surface area contributed by atoms with E-state index < -0.39 is 17.6 Å². The highest BCUT2D eigenvalue weighted by Gasteiger charge is 2.33. The van der Waals surface area contributed by atoms with Gasteiger partial charge in [-0.15, -0.1) is 0 Å². The maximum absolute atomic E-state index is 13.0. The summed E-state index contributed by atoms with van der Waals surface area (Å²) in [5.74, 6) is 0.0992. The number of aromatic amines is 1. The molecule has 0 aliphatic carbocycles. The average Bonchev–Trinajstić information content (AvgIpc) is 3.04. The van der Waals surface area contributed by atoms with E-state index in [1.807, 2.05) is 31.2 Å². The predicted octanol–water partition coefficient (Wildman–Crippen LogP) is 4.47. The molecule has 0 fully saturated rings. The number of hydrogen-bond donors (Lipinski definition) is 3.